The average molecular weight is 325 g/mol. The lowest BCUT2D eigenvalue weighted by molar-refractivity contribution is -0.135. The van der Waals surface area contributed by atoms with Gasteiger partial charge in [-0.1, -0.05) is 25.2 Å². The maximum atomic E-state index is 12.7. The van der Waals surface area contributed by atoms with Gasteiger partial charge in [-0.15, -0.1) is 11.8 Å². The zero-order valence-electron chi connectivity index (χ0n) is 13.3. The van der Waals surface area contributed by atoms with E-state index in [-0.39, 0.29) is 11.9 Å². The topological polar surface area (TPSA) is 79.5 Å². The molecule has 0 spiro atoms. The number of thioether (sulfide) groups is 1. The molecule has 0 aromatic heterocycles. The standard InChI is InChI=1S/C15H23N3O3S/c1-9-8-17-15(2,22-9)18-13(19)11-7-10(14(20)21-4)5-6-12(11)16-3/h5-7,9,11-12,16-17H,8H2,1-4H3,(H,18,19). The second-order valence-electron chi connectivity index (χ2n) is 5.64. The van der Waals surface area contributed by atoms with Crippen molar-refractivity contribution in [2.75, 3.05) is 20.7 Å². The Hall–Kier alpha value is -1.31. The summed E-state index contributed by atoms with van der Waals surface area (Å²) in [6.07, 6.45) is 5.16. The molecule has 1 aliphatic carbocycles. The number of rotatable bonds is 4. The number of amides is 1. The van der Waals surface area contributed by atoms with Crippen molar-refractivity contribution in [3.8, 4) is 0 Å². The van der Waals surface area contributed by atoms with E-state index in [1.54, 1.807) is 31.0 Å². The largest absolute Gasteiger partial charge is 0.465 e. The summed E-state index contributed by atoms with van der Waals surface area (Å²) in [5, 5.41) is 9.88. The number of esters is 1. The second-order valence-corrected chi connectivity index (χ2v) is 7.50. The Morgan fingerprint density at radius 3 is 2.77 bits per heavy atom. The van der Waals surface area contributed by atoms with Crippen LogP contribution in [0.25, 0.3) is 0 Å². The minimum Gasteiger partial charge on any atom is -0.465 e. The highest BCUT2D eigenvalue weighted by atomic mass is 32.2. The Morgan fingerprint density at radius 1 is 1.50 bits per heavy atom. The van der Waals surface area contributed by atoms with E-state index < -0.39 is 16.9 Å². The first kappa shape index (κ1) is 17.1. The lowest BCUT2D eigenvalue weighted by Gasteiger charge is -2.30. The summed E-state index contributed by atoms with van der Waals surface area (Å²) in [4.78, 5) is 23.8. The Morgan fingerprint density at radius 2 is 2.23 bits per heavy atom. The molecule has 6 nitrogen and oxygen atoms in total. The molecule has 0 radical (unpaired) electrons. The minimum absolute atomic E-state index is 0.123. The first-order valence-corrected chi connectivity index (χ1v) is 8.17. The Balaban J connectivity index is 2.13. The van der Waals surface area contributed by atoms with E-state index in [2.05, 4.69) is 22.9 Å². The molecule has 1 fully saturated rings. The Labute approximate surface area is 135 Å². The summed E-state index contributed by atoms with van der Waals surface area (Å²) >= 11 is 1.69. The molecule has 0 saturated carbocycles. The predicted octanol–water partition coefficient (Wildman–Crippen LogP) is 0.375. The highest BCUT2D eigenvalue weighted by Crippen LogP contribution is 2.30. The van der Waals surface area contributed by atoms with Crippen molar-refractivity contribution in [1.82, 2.24) is 16.0 Å². The van der Waals surface area contributed by atoms with E-state index in [1.165, 1.54) is 7.11 Å². The van der Waals surface area contributed by atoms with Gasteiger partial charge in [0, 0.05) is 17.8 Å². The number of likely N-dealkylation sites (N-methyl/N-ethyl adjacent to an activating group) is 1. The molecule has 2 rings (SSSR count). The van der Waals surface area contributed by atoms with Crippen LogP contribution in [0.2, 0.25) is 0 Å². The fourth-order valence-corrected chi connectivity index (χ4v) is 3.96. The van der Waals surface area contributed by atoms with Crippen molar-refractivity contribution in [3.05, 3.63) is 23.8 Å². The number of methoxy groups -OCH3 is 1. The molecule has 1 aliphatic heterocycles. The van der Waals surface area contributed by atoms with Gasteiger partial charge in [0.2, 0.25) is 5.91 Å². The molecule has 2 aliphatic rings. The summed E-state index contributed by atoms with van der Waals surface area (Å²) in [5.41, 5.74) is 0.403. The Kier molecular flexibility index (Phi) is 5.31. The summed E-state index contributed by atoms with van der Waals surface area (Å²) in [5.74, 6) is -1.02. The molecule has 122 valence electrons. The molecular formula is C15H23N3O3S. The lowest BCUT2D eigenvalue weighted by Crippen LogP contribution is -2.54. The number of nitrogens with one attached hydrogen (secondary N) is 3. The highest BCUT2D eigenvalue weighted by molar-refractivity contribution is 8.01. The van der Waals surface area contributed by atoms with Crippen LogP contribution < -0.4 is 16.0 Å². The van der Waals surface area contributed by atoms with Gasteiger partial charge >= 0.3 is 5.97 Å². The van der Waals surface area contributed by atoms with Crippen molar-refractivity contribution in [2.24, 2.45) is 5.92 Å². The summed E-state index contributed by atoms with van der Waals surface area (Å²) in [7, 11) is 3.12. The zero-order chi connectivity index (χ0) is 16.3. The summed E-state index contributed by atoms with van der Waals surface area (Å²) in [6.45, 7) is 4.92. The maximum Gasteiger partial charge on any atom is 0.337 e. The average Bonchev–Trinajstić information content (AvgIpc) is 2.84. The number of carbonyl (C=O) groups excluding carboxylic acids is 2. The molecule has 4 unspecified atom stereocenters. The molecule has 7 heteroatoms. The van der Waals surface area contributed by atoms with Crippen molar-refractivity contribution in [2.45, 2.75) is 30.1 Å². The van der Waals surface area contributed by atoms with E-state index in [9.17, 15) is 9.59 Å². The van der Waals surface area contributed by atoms with Gasteiger partial charge in [-0.25, -0.2) is 4.79 Å². The fraction of sp³-hybridized carbons (Fsp3) is 0.600. The number of hydrogen-bond donors (Lipinski definition) is 3. The first-order valence-electron chi connectivity index (χ1n) is 7.29. The molecule has 3 N–H and O–H groups in total. The van der Waals surface area contributed by atoms with Crippen molar-refractivity contribution in [3.63, 3.8) is 0 Å². The van der Waals surface area contributed by atoms with Gasteiger partial charge in [0.15, 0.2) is 0 Å². The van der Waals surface area contributed by atoms with E-state index in [0.717, 1.165) is 6.54 Å². The third-order valence-electron chi connectivity index (χ3n) is 3.81. The fourth-order valence-electron chi connectivity index (χ4n) is 2.66. The first-order chi connectivity index (χ1) is 10.4. The van der Waals surface area contributed by atoms with Gasteiger partial charge in [-0.2, -0.15) is 0 Å². The van der Waals surface area contributed by atoms with Gasteiger partial charge < -0.3 is 15.4 Å². The molecule has 0 aromatic carbocycles. The maximum absolute atomic E-state index is 12.7. The molecule has 4 atom stereocenters. The molecule has 0 aromatic rings. The van der Waals surface area contributed by atoms with E-state index in [0.29, 0.717) is 10.8 Å². The Bertz CT molecular complexity index is 520. The summed E-state index contributed by atoms with van der Waals surface area (Å²) in [6, 6.07) is -0.152. The highest BCUT2D eigenvalue weighted by Gasteiger charge is 2.38. The van der Waals surface area contributed by atoms with Crippen molar-refractivity contribution >= 4 is 23.6 Å². The number of hydrogen-bond acceptors (Lipinski definition) is 6. The van der Waals surface area contributed by atoms with Gasteiger partial charge in [-0.3, -0.25) is 10.1 Å². The second kappa shape index (κ2) is 6.85. The smallest absolute Gasteiger partial charge is 0.337 e. The molecular weight excluding hydrogens is 302 g/mol. The van der Waals surface area contributed by atoms with E-state index in [1.807, 2.05) is 13.0 Å². The monoisotopic (exact) mass is 325 g/mol. The normalized spacial score (nSPS) is 34.2. The van der Waals surface area contributed by atoms with Crippen LogP contribution in [0.15, 0.2) is 23.8 Å². The van der Waals surface area contributed by atoms with Crippen molar-refractivity contribution < 1.29 is 14.3 Å². The van der Waals surface area contributed by atoms with Crippen LogP contribution >= 0.6 is 11.8 Å². The molecule has 1 heterocycles. The quantitative estimate of drug-likeness (QED) is 0.648. The van der Waals surface area contributed by atoms with Crippen LogP contribution in [0.3, 0.4) is 0 Å². The number of ether oxygens (including phenoxy) is 1. The van der Waals surface area contributed by atoms with Crippen LogP contribution in [0.4, 0.5) is 0 Å². The van der Waals surface area contributed by atoms with Crippen LogP contribution in [0.5, 0.6) is 0 Å². The van der Waals surface area contributed by atoms with Crippen LogP contribution in [-0.4, -0.2) is 48.9 Å². The van der Waals surface area contributed by atoms with E-state index in [4.69, 9.17) is 4.74 Å². The van der Waals surface area contributed by atoms with Gasteiger partial charge in [0.1, 0.15) is 4.99 Å². The van der Waals surface area contributed by atoms with Crippen LogP contribution in [0, 0.1) is 5.92 Å². The molecule has 22 heavy (non-hydrogen) atoms. The predicted molar refractivity (Wildman–Crippen MR) is 87.2 cm³/mol. The van der Waals surface area contributed by atoms with Gasteiger partial charge in [-0.05, 0) is 14.0 Å². The molecule has 1 amide bonds. The van der Waals surface area contributed by atoms with Crippen LogP contribution in [-0.2, 0) is 14.3 Å². The molecule has 0 bridgehead atoms. The zero-order valence-corrected chi connectivity index (χ0v) is 14.1. The number of carbonyl (C=O) groups is 2. The summed E-state index contributed by atoms with van der Waals surface area (Å²) < 4.78 is 4.73. The lowest BCUT2D eigenvalue weighted by atomic mass is 9.90. The molecule has 1 saturated heterocycles. The van der Waals surface area contributed by atoms with E-state index >= 15 is 0 Å². The SMILES string of the molecule is CNC1C=CC(C(=O)OC)=CC1C(=O)NC1(C)NCC(C)S1. The third-order valence-corrected chi connectivity index (χ3v) is 5.10. The third kappa shape index (κ3) is 3.71. The van der Waals surface area contributed by atoms with Crippen molar-refractivity contribution in [1.29, 1.82) is 0 Å². The van der Waals surface area contributed by atoms with Crippen LogP contribution in [0.1, 0.15) is 13.8 Å². The van der Waals surface area contributed by atoms with Gasteiger partial charge in [0.05, 0.1) is 18.6 Å². The minimum atomic E-state index is -0.477. The van der Waals surface area contributed by atoms with Gasteiger partial charge in [0.25, 0.3) is 0 Å².